The number of amides is 1. The summed E-state index contributed by atoms with van der Waals surface area (Å²) >= 11 is 0. The first-order valence-electron chi connectivity index (χ1n) is 10.6. The van der Waals surface area contributed by atoms with Crippen molar-refractivity contribution in [2.24, 2.45) is 0 Å². The number of carbonyl (C=O) groups is 1. The SMILES string of the molecule is CC1=C[N+](c2ccccc2)=C1NNc1c(O)c(C(=O)Nc2ccccc2)cc2ccccc12. The summed E-state index contributed by atoms with van der Waals surface area (Å²) < 4.78 is 2.02. The quantitative estimate of drug-likeness (QED) is 0.193. The molecule has 6 nitrogen and oxygen atoms in total. The van der Waals surface area contributed by atoms with Crippen LogP contribution in [0.3, 0.4) is 0 Å². The van der Waals surface area contributed by atoms with Crippen molar-refractivity contribution in [2.75, 3.05) is 10.7 Å². The van der Waals surface area contributed by atoms with Crippen molar-refractivity contribution >= 4 is 39.6 Å². The van der Waals surface area contributed by atoms with Gasteiger partial charge < -0.3 is 10.4 Å². The molecule has 0 atom stereocenters. The number of phenolic OH excluding ortho intramolecular Hbond substituents is 1. The zero-order valence-corrected chi connectivity index (χ0v) is 18.0. The van der Waals surface area contributed by atoms with Crippen LogP contribution >= 0.6 is 0 Å². The third-order valence-electron chi connectivity index (χ3n) is 5.58. The van der Waals surface area contributed by atoms with E-state index in [1.165, 1.54) is 0 Å². The number of aromatic hydroxyl groups is 1. The molecule has 0 unspecified atom stereocenters. The molecule has 6 heteroatoms. The van der Waals surface area contributed by atoms with Crippen LogP contribution in [0.15, 0.2) is 103 Å². The number of hydrogen-bond acceptors (Lipinski definition) is 4. The van der Waals surface area contributed by atoms with Gasteiger partial charge in [-0.1, -0.05) is 60.7 Å². The molecule has 0 aliphatic carbocycles. The Kier molecular flexibility index (Phi) is 5.24. The van der Waals surface area contributed by atoms with Gasteiger partial charge in [0.2, 0.25) is 0 Å². The van der Waals surface area contributed by atoms with Crippen molar-refractivity contribution in [1.82, 2.24) is 5.43 Å². The second kappa shape index (κ2) is 8.51. The van der Waals surface area contributed by atoms with Crippen LogP contribution in [0.4, 0.5) is 17.1 Å². The van der Waals surface area contributed by atoms with E-state index in [2.05, 4.69) is 16.2 Å². The number of phenols is 1. The second-order valence-electron chi connectivity index (χ2n) is 7.81. The maximum atomic E-state index is 13.0. The van der Waals surface area contributed by atoms with E-state index in [0.29, 0.717) is 11.4 Å². The Morgan fingerprint density at radius 3 is 2.24 bits per heavy atom. The van der Waals surface area contributed by atoms with Gasteiger partial charge in [-0.3, -0.25) is 4.79 Å². The van der Waals surface area contributed by atoms with Gasteiger partial charge in [-0.15, -0.1) is 0 Å². The van der Waals surface area contributed by atoms with E-state index >= 15 is 0 Å². The van der Waals surface area contributed by atoms with Gasteiger partial charge in [0.1, 0.15) is 17.6 Å². The van der Waals surface area contributed by atoms with Gasteiger partial charge in [0.15, 0.2) is 5.75 Å². The minimum absolute atomic E-state index is 0.123. The lowest BCUT2D eigenvalue weighted by molar-refractivity contribution is -0.376. The minimum Gasteiger partial charge on any atom is -0.505 e. The Morgan fingerprint density at radius 2 is 1.52 bits per heavy atom. The molecule has 0 saturated carbocycles. The van der Waals surface area contributed by atoms with Gasteiger partial charge in [0, 0.05) is 11.1 Å². The fourth-order valence-corrected chi connectivity index (χ4v) is 3.87. The fourth-order valence-electron chi connectivity index (χ4n) is 3.87. The van der Waals surface area contributed by atoms with E-state index < -0.39 is 0 Å². The van der Waals surface area contributed by atoms with E-state index in [-0.39, 0.29) is 17.2 Å². The molecular formula is C27H23N4O2+. The van der Waals surface area contributed by atoms with Crippen LogP contribution in [0.1, 0.15) is 17.3 Å². The summed E-state index contributed by atoms with van der Waals surface area (Å²) in [5.74, 6) is 0.358. The molecule has 4 aromatic carbocycles. The summed E-state index contributed by atoms with van der Waals surface area (Å²) in [5.41, 5.74) is 9.73. The summed E-state index contributed by atoms with van der Waals surface area (Å²) in [6, 6.07) is 28.5. The number of anilines is 2. The molecule has 1 aliphatic rings. The third kappa shape index (κ3) is 3.90. The van der Waals surface area contributed by atoms with Gasteiger partial charge in [-0.25, -0.2) is 5.43 Å². The van der Waals surface area contributed by atoms with E-state index in [4.69, 9.17) is 0 Å². The van der Waals surface area contributed by atoms with Crippen molar-refractivity contribution in [3.8, 4) is 5.75 Å². The first kappa shape index (κ1) is 20.3. The van der Waals surface area contributed by atoms with E-state index in [1.807, 2.05) is 90.5 Å². The Bertz CT molecular complexity index is 1410. The average molecular weight is 436 g/mol. The fraction of sp³-hybridized carbons (Fsp3) is 0.0370. The topological polar surface area (TPSA) is 76.4 Å². The third-order valence-corrected chi connectivity index (χ3v) is 5.58. The van der Waals surface area contributed by atoms with Gasteiger partial charge in [0.05, 0.1) is 11.1 Å². The summed E-state index contributed by atoms with van der Waals surface area (Å²) in [7, 11) is 0. The van der Waals surface area contributed by atoms with Crippen LogP contribution in [-0.2, 0) is 0 Å². The monoisotopic (exact) mass is 435 g/mol. The Labute approximate surface area is 191 Å². The maximum absolute atomic E-state index is 13.0. The van der Waals surface area contributed by atoms with Crippen molar-refractivity contribution in [1.29, 1.82) is 0 Å². The summed E-state index contributed by atoms with van der Waals surface area (Å²) in [5, 5.41) is 15.6. The number of amidine groups is 1. The summed E-state index contributed by atoms with van der Waals surface area (Å²) in [4.78, 5) is 13.0. The van der Waals surface area contributed by atoms with Crippen LogP contribution in [0.25, 0.3) is 10.8 Å². The number of rotatable bonds is 5. The number of hydrogen-bond donors (Lipinski definition) is 4. The smallest absolute Gasteiger partial charge is 0.309 e. The molecule has 0 aromatic heterocycles. The predicted molar refractivity (Wildman–Crippen MR) is 132 cm³/mol. The highest BCUT2D eigenvalue weighted by Gasteiger charge is 2.27. The maximum Gasteiger partial charge on any atom is 0.309 e. The molecule has 5 rings (SSSR count). The first-order valence-corrected chi connectivity index (χ1v) is 10.6. The van der Waals surface area contributed by atoms with Gasteiger partial charge >= 0.3 is 5.84 Å². The van der Waals surface area contributed by atoms with E-state index in [9.17, 15) is 9.90 Å². The second-order valence-corrected chi connectivity index (χ2v) is 7.81. The number of fused-ring (bicyclic) bond motifs is 1. The lowest BCUT2D eigenvalue weighted by Gasteiger charge is -2.19. The van der Waals surface area contributed by atoms with Crippen molar-refractivity contribution in [3.05, 3.63) is 108 Å². The predicted octanol–water partition coefficient (Wildman–Crippen LogP) is 5.37. The average Bonchev–Trinajstić information content (AvgIpc) is 2.84. The van der Waals surface area contributed by atoms with Crippen LogP contribution in [0.5, 0.6) is 5.75 Å². The molecule has 1 amide bonds. The van der Waals surface area contributed by atoms with Crippen LogP contribution in [0.2, 0.25) is 0 Å². The molecule has 1 heterocycles. The highest BCUT2D eigenvalue weighted by atomic mass is 16.3. The van der Waals surface area contributed by atoms with Gasteiger partial charge in [0.25, 0.3) is 5.91 Å². The number of carbonyl (C=O) groups excluding carboxylic acids is 1. The zero-order valence-electron chi connectivity index (χ0n) is 18.0. The Hall–Kier alpha value is -4.58. The van der Waals surface area contributed by atoms with Gasteiger partial charge in [-0.05, 0) is 42.6 Å². The van der Waals surface area contributed by atoms with Crippen LogP contribution in [-0.4, -0.2) is 21.4 Å². The molecule has 4 aromatic rings. The molecule has 1 aliphatic heterocycles. The Morgan fingerprint density at radius 1 is 0.848 bits per heavy atom. The number of benzene rings is 4. The lowest BCUT2D eigenvalue weighted by atomic mass is 10.0. The van der Waals surface area contributed by atoms with Gasteiger partial charge in [-0.2, -0.15) is 10.0 Å². The van der Waals surface area contributed by atoms with Crippen LogP contribution < -0.4 is 16.2 Å². The Balaban J connectivity index is 1.49. The zero-order chi connectivity index (χ0) is 22.8. The molecule has 0 radical (unpaired) electrons. The molecule has 162 valence electrons. The van der Waals surface area contributed by atoms with Crippen molar-refractivity contribution in [3.63, 3.8) is 0 Å². The largest absolute Gasteiger partial charge is 0.505 e. The molecule has 0 spiro atoms. The molecule has 0 fully saturated rings. The summed E-state index contributed by atoms with van der Waals surface area (Å²) in [6.45, 7) is 2.01. The standard InChI is InChI=1S/C27H22N4O2/c1-18-17-31(21-13-6-3-7-14-21)26(18)30-29-24-22-15-9-8-10-19(22)16-23(25(24)32)27(33)28-20-11-4-2-5-12-20/h2-17,29H,1H3,(H2,28,32,33)/p+1. The number of para-hydroxylation sites is 2. The van der Waals surface area contributed by atoms with Crippen molar-refractivity contribution in [2.45, 2.75) is 6.92 Å². The van der Waals surface area contributed by atoms with E-state index in [0.717, 1.165) is 27.9 Å². The van der Waals surface area contributed by atoms with E-state index in [1.54, 1.807) is 18.2 Å². The number of nitrogens with zero attached hydrogens (tertiary/aromatic N) is 1. The number of nitrogens with one attached hydrogen (secondary N) is 3. The molecule has 0 bridgehead atoms. The molecular weight excluding hydrogens is 412 g/mol. The highest BCUT2D eigenvalue weighted by Crippen LogP contribution is 2.36. The summed E-state index contributed by atoms with van der Waals surface area (Å²) in [6.07, 6.45) is 2.03. The van der Waals surface area contributed by atoms with Crippen LogP contribution in [0, 0.1) is 0 Å². The normalized spacial score (nSPS) is 12.7. The lowest BCUT2D eigenvalue weighted by Crippen LogP contribution is -2.40. The number of hydrazine groups is 1. The molecule has 0 saturated heterocycles. The first-order chi connectivity index (χ1) is 16.1. The highest BCUT2D eigenvalue weighted by molar-refractivity contribution is 6.12. The molecule has 33 heavy (non-hydrogen) atoms. The molecule has 4 N–H and O–H groups in total. The minimum atomic E-state index is -0.384. The van der Waals surface area contributed by atoms with Crippen molar-refractivity contribution < 1.29 is 14.5 Å².